The van der Waals surface area contributed by atoms with E-state index in [9.17, 15) is 9.79 Å². The van der Waals surface area contributed by atoms with Crippen molar-refractivity contribution in [2.75, 3.05) is 6.16 Å². The zero-order valence-electron chi connectivity index (χ0n) is 18.1. The van der Waals surface area contributed by atoms with Crippen LogP contribution in [0.4, 0.5) is 0 Å². The first kappa shape index (κ1) is 24.4. The summed E-state index contributed by atoms with van der Waals surface area (Å²) in [6.45, 7) is 2.26. The Labute approximate surface area is 182 Å². The predicted molar refractivity (Wildman–Crippen MR) is 134 cm³/mol. The van der Waals surface area contributed by atoms with Gasteiger partial charge in [-0.25, -0.2) is 0 Å². The Morgan fingerprint density at radius 1 is 0.621 bits per heavy atom. The van der Waals surface area contributed by atoms with Crippen molar-refractivity contribution < 1.29 is 9.79 Å². The van der Waals surface area contributed by atoms with Crippen molar-refractivity contribution in [1.82, 2.24) is 0 Å². The first-order valence-electron chi connectivity index (χ1n) is 11.4. The maximum absolute atomic E-state index is 11.6. The van der Waals surface area contributed by atoms with E-state index in [1.54, 1.807) is 0 Å². The molecule has 164 valence electrons. The van der Waals surface area contributed by atoms with E-state index in [-0.39, 0.29) is 11.4 Å². The standard InChI is InChI=1S/C25H41O2PS/c1-2-3-4-5-6-7-8-9-10-11-18-23-28(26,27,24-19-14-12-15-20-24)29-25-21-16-13-17-22-25/h12-17,19-22,26-27H,2-11,18,23,29H2,1H3. The zero-order valence-corrected chi connectivity index (χ0v) is 20.0. The minimum absolute atomic E-state index is 0.0322. The second-order valence-corrected chi connectivity index (χ2v) is 15.9. The van der Waals surface area contributed by atoms with Crippen LogP contribution in [0, 0.1) is 0 Å². The number of unbranched alkanes of at least 4 members (excludes halogenated alkanes) is 10. The molecule has 0 aromatic heterocycles. The third-order valence-corrected chi connectivity index (χ3v) is 12.9. The van der Waals surface area contributed by atoms with E-state index in [1.165, 1.54) is 57.8 Å². The summed E-state index contributed by atoms with van der Waals surface area (Å²) in [5.41, 5.74) is 0. The summed E-state index contributed by atoms with van der Waals surface area (Å²) < 4.78 is 0. The van der Waals surface area contributed by atoms with Gasteiger partial charge in [-0.15, -0.1) is 0 Å². The van der Waals surface area contributed by atoms with Crippen molar-refractivity contribution in [3.63, 3.8) is 0 Å². The molecule has 0 fully saturated rings. The van der Waals surface area contributed by atoms with E-state index < -0.39 is 6.26 Å². The van der Waals surface area contributed by atoms with E-state index in [0.29, 0.717) is 6.16 Å². The molecule has 0 aliphatic heterocycles. The van der Waals surface area contributed by atoms with Crippen LogP contribution in [-0.4, -0.2) is 15.9 Å². The molecule has 0 unspecified atom stereocenters. The Balaban J connectivity index is 1.80. The van der Waals surface area contributed by atoms with E-state index in [4.69, 9.17) is 0 Å². The summed E-state index contributed by atoms with van der Waals surface area (Å²) in [4.78, 5) is 24.3. The molecule has 0 amide bonds. The zero-order chi connectivity index (χ0) is 20.9. The van der Waals surface area contributed by atoms with Gasteiger partial charge in [-0.1, -0.05) is 6.92 Å². The van der Waals surface area contributed by atoms with Crippen molar-refractivity contribution in [2.45, 2.75) is 82.4 Å². The Bertz CT molecular complexity index is 676. The minimum atomic E-state index is -3.92. The van der Waals surface area contributed by atoms with Gasteiger partial charge in [-0.2, -0.15) is 0 Å². The van der Waals surface area contributed by atoms with Crippen LogP contribution in [0.15, 0.2) is 65.6 Å². The molecule has 0 aliphatic carbocycles. The van der Waals surface area contributed by atoms with E-state index in [2.05, 4.69) is 6.92 Å². The van der Waals surface area contributed by atoms with Crippen LogP contribution < -0.4 is 5.30 Å². The summed E-state index contributed by atoms with van der Waals surface area (Å²) in [6, 6.07) is 19.5. The van der Waals surface area contributed by atoms with Gasteiger partial charge in [0.05, 0.1) is 0 Å². The Kier molecular flexibility index (Phi) is 10.7. The van der Waals surface area contributed by atoms with Crippen LogP contribution in [0.25, 0.3) is 0 Å². The van der Waals surface area contributed by atoms with Gasteiger partial charge >= 0.3 is 175 Å². The molecule has 2 aromatic carbocycles. The average Bonchev–Trinajstić information content (AvgIpc) is 2.73. The molecule has 0 saturated heterocycles. The third kappa shape index (κ3) is 8.80. The number of hydrogen-bond acceptors (Lipinski definition) is 2. The van der Waals surface area contributed by atoms with Gasteiger partial charge in [0.15, 0.2) is 0 Å². The molecule has 2 nitrogen and oxygen atoms in total. The molecule has 0 radical (unpaired) electrons. The molecular weight excluding hydrogens is 395 g/mol. The van der Waals surface area contributed by atoms with Gasteiger partial charge in [0, 0.05) is 0 Å². The topological polar surface area (TPSA) is 40.5 Å². The van der Waals surface area contributed by atoms with Gasteiger partial charge < -0.3 is 0 Å². The molecule has 2 aromatic rings. The fourth-order valence-electron chi connectivity index (χ4n) is 3.85. The van der Waals surface area contributed by atoms with Crippen LogP contribution in [0.3, 0.4) is 0 Å². The molecule has 0 heterocycles. The quantitative estimate of drug-likeness (QED) is 0.230. The summed E-state index contributed by atoms with van der Waals surface area (Å²) >= 11 is 0.0322. The van der Waals surface area contributed by atoms with Gasteiger partial charge in [-0.3, -0.25) is 0 Å². The predicted octanol–water partition coefficient (Wildman–Crippen LogP) is 7.16. The number of hydrogen-bond donors (Lipinski definition) is 2. The SMILES string of the molecule is CCCCCCCCCCCCCP(O)(O)([SH2]c1ccccc1)c1ccccc1. The van der Waals surface area contributed by atoms with E-state index in [0.717, 1.165) is 23.0 Å². The fraction of sp³-hybridized carbons (Fsp3) is 0.520. The second-order valence-electron chi connectivity index (χ2n) is 8.27. The Hall–Kier alpha value is -0.860. The van der Waals surface area contributed by atoms with Gasteiger partial charge in [0.25, 0.3) is 0 Å². The molecule has 29 heavy (non-hydrogen) atoms. The van der Waals surface area contributed by atoms with Gasteiger partial charge in [-0.05, 0) is 0 Å². The molecule has 4 heteroatoms. The van der Waals surface area contributed by atoms with Crippen LogP contribution in [0.1, 0.15) is 77.6 Å². The summed E-state index contributed by atoms with van der Waals surface area (Å²) in [7, 11) is 0. The maximum atomic E-state index is 11.6. The first-order valence-corrected chi connectivity index (χ1v) is 15.6. The van der Waals surface area contributed by atoms with Crippen LogP contribution in [0.5, 0.6) is 0 Å². The molecule has 2 rings (SSSR count). The molecular formula is C25H41O2PS. The molecule has 0 bridgehead atoms. The third-order valence-electron chi connectivity index (χ3n) is 5.62. The Morgan fingerprint density at radius 3 is 1.59 bits per heavy atom. The van der Waals surface area contributed by atoms with Gasteiger partial charge in [0.1, 0.15) is 0 Å². The molecule has 0 atom stereocenters. The average molecular weight is 437 g/mol. The second kappa shape index (κ2) is 12.7. The van der Waals surface area contributed by atoms with Crippen LogP contribution >= 0.6 is 17.6 Å². The van der Waals surface area contributed by atoms with Crippen molar-refractivity contribution in [2.24, 2.45) is 0 Å². The summed E-state index contributed by atoms with van der Waals surface area (Å²) in [5, 5.41) is 0.729. The van der Waals surface area contributed by atoms with E-state index in [1.807, 2.05) is 60.7 Å². The molecule has 0 aliphatic rings. The van der Waals surface area contributed by atoms with E-state index >= 15 is 0 Å². The van der Waals surface area contributed by atoms with Crippen LogP contribution in [0.2, 0.25) is 0 Å². The van der Waals surface area contributed by atoms with Gasteiger partial charge in [0.2, 0.25) is 0 Å². The first-order chi connectivity index (χ1) is 14.0. The summed E-state index contributed by atoms with van der Waals surface area (Å²) in [5.74, 6) is 0. The summed E-state index contributed by atoms with van der Waals surface area (Å²) in [6.07, 6.45) is 10.5. The van der Waals surface area contributed by atoms with Crippen molar-refractivity contribution in [3.05, 3.63) is 60.7 Å². The van der Waals surface area contributed by atoms with Crippen molar-refractivity contribution in [1.29, 1.82) is 0 Å². The molecule has 0 spiro atoms. The molecule has 2 N–H and O–H groups in total. The number of rotatable bonds is 15. The normalized spacial score (nSPS) is 13.8. The Morgan fingerprint density at radius 2 is 1.07 bits per heavy atom. The van der Waals surface area contributed by atoms with Crippen molar-refractivity contribution in [3.8, 4) is 0 Å². The monoisotopic (exact) mass is 436 g/mol. The van der Waals surface area contributed by atoms with Crippen molar-refractivity contribution >= 4 is 22.9 Å². The molecule has 0 saturated carbocycles. The van der Waals surface area contributed by atoms with Crippen LogP contribution in [-0.2, 0) is 0 Å². The number of benzene rings is 2. The fourth-order valence-corrected chi connectivity index (χ4v) is 10.6.